The number of hydrogen-bond acceptors (Lipinski definition) is 4. The Balaban J connectivity index is 1.93. The SMILES string of the molecule is COc1ccc(OC(C)C(=O)Nc2cccc(CCC(=O)O)c2)cc1. The summed E-state index contributed by atoms with van der Waals surface area (Å²) < 4.78 is 10.7. The molecule has 0 saturated carbocycles. The quantitative estimate of drug-likeness (QED) is 0.769. The number of aliphatic carboxylic acids is 1. The van der Waals surface area contributed by atoms with Gasteiger partial charge in [-0.15, -0.1) is 0 Å². The van der Waals surface area contributed by atoms with Gasteiger partial charge < -0.3 is 19.9 Å². The number of carboxylic acid groups (broad SMARTS) is 1. The maximum Gasteiger partial charge on any atom is 0.303 e. The summed E-state index contributed by atoms with van der Waals surface area (Å²) in [6.07, 6.45) is -0.221. The zero-order valence-corrected chi connectivity index (χ0v) is 14.2. The lowest BCUT2D eigenvalue weighted by molar-refractivity contribution is -0.137. The Morgan fingerprint density at radius 3 is 2.44 bits per heavy atom. The van der Waals surface area contributed by atoms with Crippen LogP contribution in [0, 0.1) is 0 Å². The lowest BCUT2D eigenvalue weighted by Gasteiger charge is -2.15. The lowest BCUT2D eigenvalue weighted by atomic mass is 10.1. The number of carbonyl (C=O) groups excluding carboxylic acids is 1. The van der Waals surface area contributed by atoms with E-state index in [1.54, 1.807) is 56.5 Å². The second-order valence-corrected chi connectivity index (χ2v) is 5.52. The monoisotopic (exact) mass is 343 g/mol. The molecule has 1 unspecified atom stereocenters. The minimum atomic E-state index is -0.851. The maximum absolute atomic E-state index is 12.3. The van der Waals surface area contributed by atoms with E-state index in [0.717, 1.165) is 5.56 Å². The number of carbonyl (C=O) groups is 2. The van der Waals surface area contributed by atoms with Crippen LogP contribution in [0.2, 0.25) is 0 Å². The minimum Gasteiger partial charge on any atom is -0.497 e. The molecule has 2 aromatic rings. The summed E-state index contributed by atoms with van der Waals surface area (Å²) in [7, 11) is 1.58. The number of amides is 1. The van der Waals surface area contributed by atoms with Crippen LogP contribution < -0.4 is 14.8 Å². The number of benzene rings is 2. The molecule has 1 amide bonds. The first-order valence-electron chi connectivity index (χ1n) is 7.90. The fraction of sp³-hybridized carbons (Fsp3) is 0.263. The average molecular weight is 343 g/mol. The molecule has 2 aromatic carbocycles. The molecule has 0 aliphatic heterocycles. The molecule has 0 saturated heterocycles. The lowest BCUT2D eigenvalue weighted by Crippen LogP contribution is -2.30. The molecule has 0 radical (unpaired) electrons. The smallest absolute Gasteiger partial charge is 0.303 e. The highest BCUT2D eigenvalue weighted by molar-refractivity contribution is 5.94. The third-order valence-corrected chi connectivity index (χ3v) is 3.56. The number of methoxy groups -OCH3 is 1. The molecule has 2 rings (SSSR count). The van der Waals surface area contributed by atoms with E-state index in [9.17, 15) is 9.59 Å². The van der Waals surface area contributed by atoms with Gasteiger partial charge in [-0.25, -0.2) is 0 Å². The summed E-state index contributed by atoms with van der Waals surface area (Å²) >= 11 is 0. The Kier molecular flexibility index (Phi) is 6.39. The van der Waals surface area contributed by atoms with Gasteiger partial charge in [0.25, 0.3) is 5.91 Å². The van der Waals surface area contributed by atoms with Gasteiger partial charge in [-0.1, -0.05) is 12.1 Å². The number of anilines is 1. The van der Waals surface area contributed by atoms with Gasteiger partial charge in [-0.05, 0) is 55.3 Å². The number of carboxylic acids is 1. The van der Waals surface area contributed by atoms with Gasteiger partial charge in [0.05, 0.1) is 7.11 Å². The van der Waals surface area contributed by atoms with Crippen molar-refractivity contribution >= 4 is 17.6 Å². The van der Waals surface area contributed by atoms with Crippen molar-refractivity contribution in [3.05, 3.63) is 54.1 Å². The largest absolute Gasteiger partial charge is 0.497 e. The van der Waals surface area contributed by atoms with Crippen molar-refractivity contribution in [3.63, 3.8) is 0 Å². The molecule has 2 N–H and O–H groups in total. The van der Waals surface area contributed by atoms with E-state index in [4.69, 9.17) is 14.6 Å². The van der Waals surface area contributed by atoms with E-state index >= 15 is 0 Å². The molecule has 0 bridgehead atoms. The van der Waals surface area contributed by atoms with Crippen LogP contribution in [-0.4, -0.2) is 30.2 Å². The molecule has 132 valence electrons. The number of nitrogens with one attached hydrogen (secondary N) is 1. The first-order valence-corrected chi connectivity index (χ1v) is 7.90. The highest BCUT2D eigenvalue weighted by Crippen LogP contribution is 2.19. The summed E-state index contributed by atoms with van der Waals surface area (Å²) in [6.45, 7) is 1.66. The number of ether oxygens (including phenoxy) is 2. The van der Waals surface area contributed by atoms with Crippen molar-refractivity contribution in [3.8, 4) is 11.5 Å². The summed E-state index contributed by atoms with van der Waals surface area (Å²) in [5.74, 6) is 0.142. The normalized spacial score (nSPS) is 11.4. The zero-order valence-electron chi connectivity index (χ0n) is 14.2. The van der Waals surface area contributed by atoms with Crippen LogP contribution in [0.25, 0.3) is 0 Å². The van der Waals surface area contributed by atoms with Gasteiger partial charge >= 0.3 is 5.97 Å². The first-order chi connectivity index (χ1) is 12.0. The maximum atomic E-state index is 12.3. The molecule has 25 heavy (non-hydrogen) atoms. The van der Waals surface area contributed by atoms with Gasteiger partial charge in [-0.3, -0.25) is 9.59 Å². The fourth-order valence-electron chi connectivity index (χ4n) is 2.21. The van der Waals surface area contributed by atoms with E-state index in [0.29, 0.717) is 23.6 Å². The Bertz CT molecular complexity index is 727. The average Bonchev–Trinajstić information content (AvgIpc) is 2.61. The predicted octanol–water partition coefficient (Wildman–Crippen LogP) is 3.12. The van der Waals surface area contributed by atoms with Crippen molar-refractivity contribution in [1.82, 2.24) is 0 Å². The van der Waals surface area contributed by atoms with Crippen molar-refractivity contribution in [2.24, 2.45) is 0 Å². The van der Waals surface area contributed by atoms with E-state index in [2.05, 4.69) is 5.32 Å². The molecule has 0 heterocycles. The highest BCUT2D eigenvalue weighted by atomic mass is 16.5. The number of aryl methyl sites for hydroxylation is 1. The van der Waals surface area contributed by atoms with Crippen LogP contribution in [-0.2, 0) is 16.0 Å². The van der Waals surface area contributed by atoms with Crippen molar-refractivity contribution in [2.75, 3.05) is 12.4 Å². The summed E-state index contributed by atoms with van der Waals surface area (Å²) in [5, 5.41) is 11.5. The standard InChI is InChI=1S/C19H21NO5/c1-13(25-17-9-7-16(24-2)8-10-17)19(23)20-15-5-3-4-14(12-15)6-11-18(21)22/h3-5,7-10,12-13H,6,11H2,1-2H3,(H,20,23)(H,21,22). The van der Waals surface area contributed by atoms with Crippen LogP contribution in [0.15, 0.2) is 48.5 Å². The number of rotatable bonds is 8. The summed E-state index contributed by atoms with van der Waals surface area (Å²) in [4.78, 5) is 22.9. The third-order valence-electron chi connectivity index (χ3n) is 3.56. The molecule has 0 aliphatic rings. The Morgan fingerprint density at radius 2 is 1.80 bits per heavy atom. The number of hydrogen-bond donors (Lipinski definition) is 2. The van der Waals surface area contributed by atoms with Crippen LogP contribution >= 0.6 is 0 Å². The van der Waals surface area contributed by atoms with Crippen molar-refractivity contribution < 1.29 is 24.2 Å². The van der Waals surface area contributed by atoms with Crippen molar-refractivity contribution in [1.29, 1.82) is 0 Å². The minimum absolute atomic E-state index is 0.0500. The summed E-state index contributed by atoms with van der Waals surface area (Å²) in [5.41, 5.74) is 1.46. The first kappa shape index (κ1) is 18.3. The molecule has 6 nitrogen and oxygen atoms in total. The van der Waals surface area contributed by atoms with E-state index in [-0.39, 0.29) is 12.3 Å². The topological polar surface area (TPSA) is 84.9 Å². The van der Waals surface area contributed by atoms with Crippen LogP contribution in [0.4, 0.5) is 5.69 Å². The van der Waals surface area contributed by atoms with E-state index < -0.39 is 12.1 Å². The van der Waals surface area contributed by atoms with Gasteiger partial charge in [0, 0.05) is 12.1 Å². The molecule has 1 atom stereocenters. The third kappa shape index (κ3) is 5.84. The molecular weight excluding hydrogens is 322 g/mol. The van der Waals surface area contributed by atoms with Gasteiger partial charge in [-0.2, -0.15) is 0 Å². The van der Waals surface area contributed by atoms with Crippen LogP contribution in [0.5, 0.6) is 11.5 Å². The van der Waals surface area contributed by atoms with Crippen LogP contribution in [0.1, 0.15) is 18.9 Å². The Morgan fingerprint density at radius 1 is 1.12 bits per heavy atom. The predicted molar refractivity (Wildman–Crippen MR) is 94.1 cm³/mol. The second-order valence-electron chi connectivity index (χ2n) is 5.52. The second kappa shape index (κ2) is 8.73. The Hall–Kier alpha value is -3.02. The van der Waals surface area contributed by atoms with E-state index in [1.165, 1.54) is 0 Å². The molecule has 0 aliphatic carbocycles. The molecule has 0 spiro atoms. The molecule has 0 fully saturated rings. The van der Waals surface area contributed by atoms with Gasteiger partial charge in [0.2, 0.25) is 0 Å². The molecular formula is C19H21NO5. The van der Waals surface area contributed by atoms with E-state index in [1.807, 2.05) is 6.07 Å². The summed E-state index contributed by atoms with van der Waals surface area (Å²) in [6, 6.07) is 14.1. The highest BCUT2D eigenvalue weighted by Gasteiger charge is 2.15. The van der Waals surface area contributed by atoms with Gasteiger partial charge in [0.15, 0.2) is 6.10 Å². The molecule has 0 aromatic heterocycles. The van der Waals surface area contributed by atoms with Gasteiger partial charge in [0.1, 0.15) is 11.5 Å². The van der Waals surface area contributed by atoms with Crippen molar-refractivity contribution in [2.45, 2.75) is 25.9 Å². The molecule has 6 heteroatoms. The fourth-order valence-corrected chi connectivity index (χ4v) is 2.21. The van der Waals surface area contributed by atoms with Crippen LogP contribution in [0.3, 0.4) is 0 Å². The zero-order chi connectivity index (χ0) is 18.2. The Labute approximate surface area is 146 Å².